The molecule has 0 amide bonds. The molecule has 21 heavy (non-hydrogen) atoms. The second-order valence-corrected chi connectivity index (χ2v) is 6.51. The zero-order valence-corrected chi connectivity index (χ0v) is 13.9. The van der Waals surface area contributed by atoms with E-state index in [0.29, 0.717) is 18.2 Å². The molecule has 0 bridgehead atoms. The zero-order valence-electron chi connectivity index (χ0n) is 11.5. The van der Waals surface area contributed by atoms with Crippen LogP contribution in [0.15, 0.2) is 40.9 Å². The molecule has 0 saturated carbocycles. The Balaban J connectivity index is 2.05. The zero-order chi connectivity index (χ0) is 15.0. The van der Waals surface area contributed by atoms with Crippen molar-refractivity contribution < 1.29 is 9.47 Å². The van der Waals surface area contributed by atoms with E-state index < -0.39 is 5.54 Å². The SMILES string of the molecule is CC(N)(c1ccc2c(c1)OCCO2)c1ccc(Br)cc1Cl. The number of ether oxygens (including phenoxy) is 2. The maximum Gasteiger partial charge on any atom is 0.161 e. The van der Waals surface area contributed by atoms with Gasteiger partial charge in [0.2, 0.25) is 0 Å². The quantitative estimate of drug-likeness (QED) is 0.868. The van der Waals surface area contributed by atoms with Gasteiger partial charge in [0.15, 0.2) is 11.5 Å². The number of fused-ring (bicyclic) bond motifs is 1. The van der Waals surface area contributed by atoms with E-state index in [0.717, 1.165) is 27.1 Å². The molecule has 3 nitrogen and oxygen atoms in total. The fraction of sp³-hybridized carbons (Fsp3) is 0.250. The highest BCUT2D eigenvalue weighted by Crippen LogP contribution is 2.38. The van der Waals surface area contributed by atoms with Crippen molar-refractivity contribution in [1.29, 1.82) is 0 Å². The first-order valence-electron chi connectivity index (χ1n) is 6.63. The molecule has 1 atom stereocenters. The maximum atomic E-state index is 6.55. The van der Waals surface area contributed by atoms with Crippen LogP contribution in [0.2, 0.25) is 5.02 Å². The number of hydrogen-bond acceptors (Lipinski definition) is 3. The van der Waals surface area contributed by atoms with Crippen LogP contribution in [0.25, 0.3) is 0 Å². The number of rotatable bonds is 2. The molecular weight excluding hydrogens is 354 g/mol. The predicted molar refractivity (Wildman–Crippen MR) is 87.2 cm³/mol. The Hall–Kier alpha value is -1.23. The largest absolute Gasteiger partial charge is 0.486 e. The van der Waals surface area contributed by atoms with Gasteiger partial charge in [0.05, 0.1) is 5.54 Å². The summed E-state index contributed by atoms with van der Waals surface area (Å²) in [4.78, 5) is 0. The normalized spacial score (nSPS) is 16.4. The monoisotopic (exact) mass is 367 g/mol. The maximum absolute atomic E-state index is 6.55. The molecule has 1 aliphatic heterocycles. The number of nitrogens with two attached hydrogens (primary N) is 1. The minimum atomic E-state index is -0.715. The molecule has 1 heterocycles. The fourth-order valence-electron chi connectivity index (χ4n) is 2.43. The summed E-state index contributed by atoms with van der Waals surface area (Å²) in [6, 6.07) is 11.5. The highest BCUT2D eigenvalue weighted by atomic mass is 79.9. The van der Waals surface area contributed by atoms with Crippen LogP contribution >= 0.6 is 27.5 Å². The van der Waals surface area contributed by atoms with E-state index in [9.17, 15) is 0 Å². The Bertz CT molecular complexity index is 688. The van der Waals surface area contributed by atoms with E-state index in [1.807, 2.05) is 43.3 Å². The summed E-state index contributed by atoms with van der Waals surface area (Å²) >= 11 is 9.75. The van der Waals surface area contributed by atoms with E-state index in [1.165, 1.54) is 0 Å². The third-order valence-electron chi connectivity index (χ3n) is 3.63. The van der Waals surface area contributed by atoms with Gasteiger partial charge in [0, 0.05) is 9.50 Å². The van der Waals surface area contributed by atoms with Gasteiger partial charge in [0.1, 0.15) is 13.2 Å². The summed E-state index contributed by atoms with van der Waals surface area (Å²) in [6.45, 7) is 3.06. The molecule has 3 rings (SSSR count). The van der Waals surface area contributed by atoms with Crippen molar-refractivity contribution in [2.24, 2.45) is 5.73 Å². The van der Waals surface area contributed by atoms with E-state index in [2.05, 4.69) is 15.9 Å². The highest BCUT2D eigenvalue weighted by Gasteiger charge is 2.28. The first-order valence-corrected chi connectivity index (χ1v) is 7.80. The van der Waals surface area contributed by atoms with E-state index >= 15 is 0 Å². The van der Waals surface area contributed by atoms with Crippen LogP contribution in [0, 0.1) is 0 Å². The van der Waals surface area contributed by atoms with Crippen molar-refractivity contribution in [2.75, 3.05) is 13.2 Å². The molecule has 0 fully saturated rings. The minimum Gasteiger partial charge on any atom is -0.486 e. The molecule has 1 aliphatic rings. The van der Waals surface area contributed by atoms with Gasteiger partial charge in [-0.2, -0.15) is 0 Å². The van der Waals surface area contributed by atoms with Crippen LogP contribution in [0.4, 0.5) is 0 Å². The molecule has 0 spiro atoms. The molecule has 110 valence electrons. The van der Waals surface area contributed by atoms with E-state index in [1.54, 1.807) is 0 Å². The van der Waals surface area contributed by atoms with Gasteiger partial charge in [-0.1, -0.05) is 39.7 Å². The third kappa shape index (κ3) is 2.76. The summed E-state index contributed by atoms with van der Waals surface area (Å²) in [5, 5.41) is 0.629. The first kappa shape index (κ1) is 14.7. The summed E-state index contributed by atoms with van der Waals surface area (Å²) < 4.78 is 12.1. The Morgan fingerprint density at radius 3 is 2.52 bits per heavy atom. The standard InChI is InChI=1S/C16H15BrClNO2/c1-16(19,12-4-3-11(17)9-13(12)18)10-2-5-14-15(8-10)21-7-6-20-14/h2-5,8-9H,6-7,19H2,1H3. The Morgan fingerprint density at radius 2 is 1.81 bits per heavy atom. The topological polar surface area (TPSA) is 44.5 Å². The molecule has 2 N–H and O–H groups in total. The van der Waals surface area contributed by atoms with Crippen LogP contribution in [-0.4, -0.2) is 13.2 Å². The fourth-order valence-corrected chi connectivity index (χ4v) is 3.30. The second kappa shape index (κ2) is 5.52. The van der Waals surface area contributed by atoms with Crippen LogP contribution in [0.5, 0.6) is 11.5 Å². The van der Waals surface area contributed by atoms with Gasteiger partial charge in [0.25, 0.3) is 0 Å². The molecule has 1 unspecified atom stereocenters. The van der Waals surface area contributed by atoms with Crippen molar-refractivity contribution in [2.45, 2.75) is 12.5 Å². The summed E-state index contributed by atoms with van der Waals surface area (Å²) in [5.41, 5.74) is 7.62. The second-order valence-electron chi connectivity index (χ2n) is 5.18. The number of hydrogen-bond donors (Lipinski definition) is 1. The Morgan fingerprint density at radius 1 is 1.10 bits per heavy atom. The van der Waals surface area contributed by atoms with Crippen molar-refractivity contribution in [3.05, 3.63) is 57.0 Å². The van der Waals surface area contributed by atoms with Crippen molar-refractivity contribution >= 4 is 27.5 Å². The van der Waals surface area contributed by atoms with Crippen molar-refractivity contribution in [1.82, 2.24) is 0 Å². The molecule has 2 aromatic carbocycles. The molecule has 2 aromatic rings. The lowest BCUT2D eigenvalue weighted by atomic mass is 9.85. The molecule has 0 radical (unpaired) electrons. The predicted octanol–water partition coefficient (Wildman–Crippen LogP) is 4.10. The summed E-state index contributed by atoms with van der Waals surface area (Å²) in [7, 11) is 0. The molecule has 0 saturated heterocycles. The smallest absolute Gasteiger partial charge is 0.161 e. The average Bonchev–Trinajstić information content (AvgIpc) is 2.46. The lowest BCUT2D eigenvalue weighted by molar-refractivity contribution is 0.171. The van der Waals surface area contributed by atoms with Gasteiger partial charge in [-0.25, -0.2) is 0 Å². The lowest BCUT2D eigenvalue weighted by Crippen LogP contribution is -2.34. The number of halogens is 2. The van der Waals surface area contributed by atoms with Crippen molar-refractivity contribution in [3.63, 3.8) is 0 Å². The summed E-state index contributed by atoms with van der Waals surface area (Å²) in [6.07, 6.45) is 0. The first-order chi connectivity index (χ1) is 9.98. The highest BCUT2D eigenvalue weighted by molar-refractivity contribution is 9.10. The molecular formula is C16H15BrClNO2. The van der Waals surface area contributed by atoms with Gasteiger partial charge in [-0.05, 0) is 42.3 Å². The van der Waals surface area contributed by atoms with Crippen LogP contribution in [0.1, 0.15) is 18.1 Å². The van der Waals surface area contributed by atoms with Gasteiger partial charge in [-0.3, -0.25) is 0 Å². The average molecular weight is 369 g/mol. The van der Waals surface area contributed by atoms with Crippen LogP contribution in [0.3, 0.4) is 0 Å². The van der Waals surface area contributed by atoms with Crippen LogP contribution in [-0.2, 0) is 5.54 Å². The summed E-state index contributed by atoms with van der Waals surface area (Å²) in [5.74, 6) is 1.48. The van der Waals surface area contributed by atoms with Crippen molar-refractivity contribution in [3.8, 4) is 11.5 Å². The van der Waals surface area contributed by atoms with Gasteiger partial charge >= 0.3 is 0 Å². The van der Waals surface area contributed by atoms with Gasteiger partial charge < -0.3 is 15.2 Å². The number of benzene rings is 2. The Labute approximate surface area is 137 Å². The minimum absolute atomic E-state index is 0.552. The molecule has 0 aromatic heterocycles. The lowest BCUT2D eigenvalue weighted by Gasteiger charge is -2.29. The van der Waals surface area contributed by atoms with Crippen LogP contribution < -0.4 is 15.2 Å². The van der Waals surface area contributed by atoms with E-state index in [-0.39, 0.29) is 0 Å². The Kier molecular flexibility index (Phi) is 3.86. The third-order valence-corrected chi connectivity index (χ3v) is 4.44. The van der Waals surface area contributed by atoms with E-state index in [4.69, 9.17) is 26.8 Å². The molecule has 5 heteroatoms. The van der Waals surface area contributed by atoms with Gasteiger partial charge in [-0.15, -0.1) is 0 Å². The molecule has 0 aliphatic carbocycles.